The molecule has 0 aliphatic heterocycles. The number of hydrogen-bond acceptors (Lipinski definition) is 4. The molecular formula is C13H14N2O3S. The first-order valence-electron chi connectivity index (χ1n) is 5.67. The Kier molecular flexibility index (Phi) is 3.53. The van der Waals surface area contributed by atoms with Gasteiger partial charge in [-0.1, -0.05) is 12.1 Å². The number of nitrogens with zero attached hydrogens (tertiary/aromatic N) is 2. The van der Waals surface area contributed by atoms with Crippen LogP contribution in [-0.4, -0.2) is 30.0 Å². The van der Waals surface area contributed by atoms with Crippen molar-refractivity contribution in [1.82, 2.24) is 9.55 Å². The Labute approximate surface area is 111 Å². The van der Waals surface area contributed by atoms with Crippen LogP contribution < -0.4 is 0 Å². The first-order chi connectivity index (χ1) is 8.88. The van der Waals surface area contributed by atoms with E-state index < -0.39 is 9.84 Å². The largest absolute Gasteiger partial charge is 0.338 e. The van der Waals surface area contributed by atoms with Crippen LogP contribution in [0.15, 0.2) is 41.6 Å². The number of Topliss-reactive ketones (excluding diaryl/α,β-unsaturated/α-hetero) is 1. The van der Waals surface area contributed by atoms with Crippen molar-refractivity contribution >= 4 is 15.6 Å². The van der Waals surface area contributed by atoms with Gasteiger partial charge >= 0.3 is 0 Å². The molecule has 1 aromatic carbocycles. The van der Waals surface area contributed by atoms with Crippen LogP contribution in [0.2, 0.25) is 0 Å². The van der Waals surface area contributed by atoms with Crippen LogP contribution >= 0.6 is 0 Å². The molecule has 5 nitrogen and oxygen atoms in total. The maximum absolute atomic E-state index is 12.0. The van der Waals surface area contributed by atoms with Gasteiger partial charge in [0, 0.05) is 31.3 Å². The van der Waals surface area contributed by atoms with Gasteiger partial charge in [0.1, 0.15) is 5.82 Å². The number of carbonyl (C=O) groups excluding carboxylic acids is 1. The predicted octanol–water partition coefficient (Wildman–Crippen LogP) is 1.25. The van der Waals surface area contributed by atoms with Gasteiger partial charge in [-0.3, -0.25) is 4.79 Å². The maximum atomic E-state index is 12.0. The van der Waals surface area contributed by atoms with Crippen LogP contribution in [0, 0.1) is 0 Å². The lowest BCUT2D eigenvalue weighted by molar-refractivity contribution is 0.0990. The van der Waals surface area contributed by atoms with Crippen LogP contribution in [0.25, 0.3) is 0 Å². The van der Waals surface area contributed by atoms with Crippen LogP contribution in [0.5, 0.6) is 0 Å². The molecule has 0 fully saturated rings. The Morgan fingerprint density at radius 2 is 1.89 bits per heavy atom. The molecule has 2 aromatic rings. The lowest BCUT2D eigenvalue weighted by atomic mass is 10.1. The third kappa shape index (κ3) is 3.08. The van der Waals surface area contributed by atoms with Gasteiger partial charge in [0.05, 0.1) is 11.3 Å². The monoisotopic (exact) mass is 278 g/mol. The van der Waals surface area contributed by atoms with Crippen molar-refractivity contribution < 1.29 is 13.2 Å². The first-order valence-corrected chi connectivity index (χ1v) is 7.56. The number of ketones is 1. The summed E-state index contributed by atoms with van der Waals surface area (Å²) >= 11 is 0. The zero-order chi connectivity index (χ0) is 14.0. The molecule has 1 heterocycles. The number of carbonyl (C=O) groups is 1. The Morgan fingerprint density at radius 3 is 2.37 bits per heavy atom. The maximum Gasteiger partial charge on any atom is 0.175 e. The minimum absolute atomic E-state index is 0.0886. The van der Waals surface area contributed by atoms with Crippen molar-refractivity contribution in [2.75, 3.05) is 6.26 Å². The molecular weight excluding hydrogens is 264 g/mol. The van der Waals surface area contributed by atoms with E-state index in [1.807, 2.05) is 7.05 Å². The van der Waals surface area contributed by atoms with Gasteiger partial charge in [0.25, 0.3) is 0 Å². The van der Waals surface area contributed by atoms with Crippen molar-refractivity contribution in [2.24, 2.45) is 7.05 Å². The summed E-state index contributed by atoms with van der Waals surface area (Å²) in [4.78, 5) is 16.3. The van der Waals surface area contributed by atoms with Crippen LogP contribution in [-0.2, 0) is 23.3 Å². The zero-order valence-electron chi connectivity index (χ0n) is 10.7. The van der Waals surface area contributed by atoms with Gasteiger partial charge < -0.3 is 4.57 Å². The van der Waals surface area contributed by atoms with E-state index in [9.17, 15) is 13.2 Å². The van der Waals surface area contributed by atoms with E-state index in [-0.39, 0.29) is 17.1 Å². The Balaban J connectivity index is 2.19. The van der Waals surface area contributed by atoms with Gasteiger partial charge in [0.15, 0.2) is 15.6 Å². The summed E-state index contributed by atoms with van der Waals surface area (Å²) in [5, 5.41) is 0. The summed E-state index contributed by atoms with van der Waals surface area (Å²) in [7, 11) is -1.41. The average molecular weight is 278 g/mol. The van der Waals surface area contributed by atoms with E-state index >= 15 is 0 Å². The number of benzene rings is 1. The third-order valence-electron chi connectivity index (χ3n) is 2.84. The molecule has 0 radical (unpaired) electrons. The topological polar surface area (TPSA) is 69.0 Å². The van der Waals surface area contributed by atoms with Crippen molar-refractivity contribution in [2.45, 2.75) is 11.3 Å². The van der Waals surface area contributed by atoms with Crippen molar-refractivity contribution in [3.05, 3.63) is 48.0 Å². The van der Waals surface area contributed by atoms with E-state index in [0.717, 1.165) is 6.26 Å². The number of aryl methyl sites for hydroxylation is 1. The Hall–Kier alpha value is -1.95. The molecule has 0 atom stereocenters. The summed E-state index contributed by atoms with van der Waals surface area (Å²) in [5.41, 5.74) is 0.482. The minimum atomic E-state index is -3.23. The molecule has 19 heavy (non-hydrogen) atoms. The van der Waals surface area contributed by atoms with E-state index in [4.69, 9.17) is 0 Å². The standard InChI is InChI=1S/C13H14N2O3S/c1-15-8-7-14-13(15)9-12(16)10-3-5-11(6-4-10)19(2,17)18/h3-8H,9H2,1-2H3. The van der Waals surface area contributed by atoms with E-state index in [1.165, 1.54) is 24.3 Å². The minimum Gasteiger partial charge on any atom is -0.338 e. The number of aromatic nitrogens is 2. The number of rotatable bonds is 4. The molecule has 0 N–H and O–H groups in total. The van der Waals surface area contributed by atoms with Gasteiger partial charge in [-0.2, -0.15) is 0 Å². The van der Waals surface area contributed by atoms with Gasteiger partial charge in [-0.25, -0.2) is 13.4 Å². The van der Waals surface area contributed by atoms with Gasteiger partial charge in [-0.15, -0.1) is 0 Å². The lowest BCUT2D eigenvalue weighted by Crippen LogP contribution is -2.08. The Bertz CT molecular complexity index is 700. The second kappa shape index (κ2) is 4.97. The number of imidazole rings is 1. The third-order valence-corrected chi connectivity index (χ3v) is 3.97. The molecule has 100 valence electrons. The average Bonchev–Trinajstić information content (AvgIpc) is 2.74. The second-order valence-electron chi connectivity index (χ2n) is 4.35. The lowest BCUT2D eigenvalue weighted by Gasteiger charge is -2.03. The highest BCUT2D eigenvalue weighted by Crippen LogP contribution is 2.12. The summed E-state index contributed by atoms with van der Waals surface area (Å²) in [5.74, 6) is 0.589. The first kappa shape index (κ1) is 13.5. The van der Waals surface area contributed by atoms with Gasteiger partial charge in [0.2, 0.25) is 0 Å². The van der Waals surface area contributed by atoms with Crippen LogP contribution in [0.1, 0.15) is 16.2 Å². The Morgan fingerprint density at radius 1 is 1.26 bits per heavy atom. The fourth-order valence-electron chi connectivity index (χ4n) is 1.70. The zero-order valence-corrected chi connectivity index (χ0v) is 11.5. The van der Waals surface area contributed by atoms with E-state index in [0.29, 0.717) is 11.4 Å². The highest BCUT2D eigenvalue weighted by atomic mass is 32.2. The molecule has 0 amide bonds. The highest BCUT2D eigenvalue weighted by molar-refractivity contribution is 7.90. The molecule has 0 spiro atoms. The smallest absolute Gasteiger partial charge is 0.175 e. The molecule has 1 aromatic heterocycles. The molecule has 0 bridgehead atoms. The molecule has 0 saturated heterocycles. The van der Waals surface area contributed by atoms with E-state index in [2.05, 4.69) is 4.98 Å². The number of hydrogen-bond donors (Lipinski definition) is 0. The summed E-state index contributed by atoms with van der Waals surface area (Å²) in [6.07, 6.45) is 4.74. The summed E-state index contributed by atoms with van der Waals surface area (Å²) in [6, 6.07) is 5.95. The highest BCUT2D eigenvalue weighted by Gasteiger charge is 2.12. The fraction of sp³-hybridized carbons (Fsp3) is 0.231. The summed E-state index contributed by atoms with van der Waals surface area (Å²) < 4.78 is 24.4. The molecule has 0 aliphatic carbocycles. The molecule has 0 saturated carbocycles. The fourth-order valence-corrected chi connectivity index (χ4v) is 2.33. The van der Waals surface area contributed by atoms with Crippen molar-refractivity contribution in [3.63, 3.8) is 0 Å². The van der Waals surface area contributed by atoms with Crippen molar-refractivity contribution in [1.29, 1.82) is 0 Å². The predicted molar refractivity (Wildman–Crippen MR) is 70.8 cm³/mol. The normalized spacial score (nSPS) is 11.5. The molecule has 0 aliphatic rings. The van der Waals surface area contributed by atoms with E-state index in [1.54, 1.807) is 17.0 Å². The van der Waals surface area contributed by atoms with Crippen LogP contribution in [0.4, 0.5) is 0 Å². The second-order valence-corrected chi connectivity index (χ2v) is 6.37. The quantitative estimate of drug-likeness (QED) is 0.789. The van der Waals surface area contributed by atoms with Crippen LogP contribution in [0.3, 0.4) is 0 Å². The molecule has 0 unspecified atom stereocenters. The van der Waals surface area contributed by atoms with Crippen molar-refractivity contribution in [3.8, 4) is 0 Å². The van der Waals surface area contributed by atoms with Gasteiger partial charge in [-0.05, 0) is 12.1 Å². The SMILES string of the molecule is Cn1ccnc1CC(=O)c1ccc(S(C)(=O)=O)cc1. The molecule has 2 rings (SSSR count). The summed E-state index contributed by atoms with van der Waals surface area (Å²) in [6.45, 7) is 0. The molecule has 6 heteroatoms. The number of sulfone groups is 1.